The highest BCUT2D eigenvalue weighted by Gasteiger charge is 2.25. The van der Waals surface area contributed by atoms with E-state index in [1.165, 1.54) is 9.71 Å². The smallest absolute Gasteiger partial charge is 0.236 e. The average Bonchev–Trinajstić information content (AvgIpc) is 2.38. The summed E-state index contributed by atoms with van der Waals surface area (Å²) in [4.78, 5) is 0. The minimum Gasteiger partial charge on any atom is -0.327 e. The summed E-state index contributed by atoms with van der Waals surface area (Å²) in [5.41, 5.74) is 6.68. The summed E-state index contributed by atoms with van der Waals surface area (Å²) in [6, 6.07) is 9.35. The number of benzene rings is 1. The normalized spacial score (nSPS) is 22.4. The molecule has 1 aliphatic heterocycles. The van der Waals surface area contributed by atoms with Crippen molar-refractivity contribution >= 4 is 16.1 Å². The minimum absolute atomic E-state index is 0.0429. The lowest BCUT2D eigenvalue weighted by atomic mass is 10.1. The van der Waals surface area contributed by atoms with Crippen molar-refractivity contribution in [1.82, 2.24) is 4.31 Å². The summed E-state index contributed by atoms with van der Waals surface area (Å²) >= 11 is 0. The molecule has 0 saturated carbocycles. The fourth-order valence-electron chi connectivity index (χ4n) is 2.02. The summed E-state index contributed by atoms with van der Waals surface area (Å²) in [6.45, 7) is 0.983. The third-order valence-electron chi connectivity index (χ3n) is 3.01. The van der Waals surface area contributed by atoms with Gasteiger partial charge in [0, 0.05) is 24.5 Å². The number of piperidine rings is 1. The molecule has 0 spiro atoms. The Kier molecular flexibility index (Phi) is 4.16. The van der Waals surface area contributed by atoms with Crippen molar-refractivity contribution in [1.29, 1.82) is 0 Å². The van der Waals surface area contributed by atoms with Crippen LogP contribution in [0.25, 0.3) is 6.08 Å². The molecule has 1 aromatic carbocycles. The Labute approximate surface area is 108 Å². The Balaban J connectivity index is 2.09. The lowest BCUT2D eigenvalue weighted by Gasteiger charge is -2.28. The predicted octanol–water partition coefficient (Wildman–Crippen LogP) is 1.41. The van der Waals surface area contributed by atoms with Crippen molar-refractivity contribution in [3.8, 4) is 0 Å². The van der Waals surface area contributed by atoms with E-state index >= 15 is 0 Å². The zero-order chi connectivity index (χ0) is 13.0. The van der Waals surface area contributed by atoms with Crippen LogP contribution in [0.4, 0.5) is 0 Å². The number of sulfonamides is 1. The van der Waals surface area contributed by atoms with Gasteiger partial charge in [0.05, 0.1) is 0 Å². The molecule has 0 aliphatic carbocycles. The lowest BCUT2D eigenvalue weighted by Crippen LogP contribution is -2.44. The van der Waals surface area contributed by atoms with Gasteiger partial charge in [0.25, 0.3) is 0 Å². The quantitative estimate of drug-likeness (QED) is 0.899. The van der Waals surface area contributed by atoms with Gasteiger partial charge in [-0.1, -0.05) is 30.3 Å². The summed E-state index contributed by atoms with van der Waals surface area (Å²) in [5.74, 6) is 0. The molecule has 1 atom stereocenters. The largest absolute Gasteiger partial charge is 0.327 e. The molecule has 2 N–H and O–H groups in total. The first-order chi connectivity index (χ1) is 8.58. The Bertz CT molecular complexity index is 511. The monoisotopic (exact) mass is 266 g/mol. The van der Waals surface area contributed by atoms with Gasteiger partial charge in [-0.2, -0.15) is 4.31 Å². The second-order valence-electron chi connectivity index (χ2n) is 4.52. The van der Waals surface area contributed by atoms with E-state index in [9.17, 15) is 8.42 Å². The molecule has 1 saturated heterocycles. The maximum atomic E-state index is 12.1. The summed E-state index contributed by atoms with van der Waals surface area (Å²) in [5, 5.41) is 1.26. The Morgan fingerprint density at radius 1 is 1.28 bits per heavy atom. The second-order valence-corrected chi connectivity index (χ2v) is 6.34. The number of hydrogen-bond acceptors (Lipinski definition) is 3. The Morgan fingerprint density at radius 2 is 2.00 bits per heavy atom. The van der Waals surface area contributed by atoms with Crippen molar-refractivity contribution in [2.75, 3.05) is 13.1 Å². The maximum absolute atomic E-state index is 12.1. The fourth-order valence-corrected chi connectivity index (χ4v) is 3.30. The number of hydrogen-bond donors (Lipinski definition) is 1. The summed E-state index contributed by atoms with van der Waals surface area (Å²) in [7, 11) is -3.34. The van der Waals surface area contributed by atoms with Crippen LogP contribution in [0.2, 0.25) is 0 Å². The van der Waals surface area contributed by atoms with Gasteiger partial charge in [0.1, 0.15) is 0 Å². The summed E-state index contributed by atoms with van der Waals surface area (Å²) in [6.07, 6.45) is 3.35. The maximum Gasteiger partial charge on any atom is 0.236 e. The van der Waals surface area contributed by atoms with Crippen LogP contribution in [0.1, 0.15) is 18.4 Å². The molecule has 1 heterocycles. The van der Waals surface area contributed by atoms with Crippen molar-refractivity contribution in [3.05, 3.63) is 41.3 Å². The SMILES string of the molecule is NC1CCCN(S(=O)(=O)/C=C/c2ccccc2)C1. The first kappa shape index (κ1) is 13.3. The standard InChI is InChI=1S/C13H18N2O2S/c14-13-7-4-9-15(11-13)18(16,17)10-8-12-5-2-1-3-6-12/h1-3,5-6,8,10,13H,4,7,9,11,14H2/b10-8+. The molecule has 1 unspecified atom stereocenters. The molecule has 18 heavy (non-hydrogen) atoms. The Morgan fingerprint density at radius 3 is 2.67 bits per heavy atom. The molecule has 2 rings (SSSR count). The zero-order valence-corrected chi connectivity index (χ0v) is 11.0. The van der Waals surface area contributed by atoms with Crippen LogP contribution in [-0.2, 0) is 10.0 Å². The van der Waals surface area contributed by atoms with Crippen LogP contribution in [0.5, 0.6) is 0 Å². The lowest BCUT2D eigenvalue weighted by molar-refractivity contribution is 0.319. The molecule has 0 bridgehead atoms. The van der Waals surface area contributed by atoms with Gasteiger partial charge in [-0.3, -0.25) is 0 Å². The van der Waals surface area contributed by atoms with Gasteiger partial charge in [-0.05, 0) is 24.5 Å². The van der Waals surface area contributed by atoms with E-state index in [4.69, 9.17) is 5.73 Å². The molecule has 98 valence electrons. The summed E-state index contributed by atoms with van der Waals surface area (Å²) < 4.78 is 25.6. The second kappa shape index (κ2) is 5.65. The van der Waals surface area contributed by atoms with Gasteiger partial charge in [0.2, 0.25) is 10.0 Å². The van der Waals surface area contributed by atoms with E-state index < -0.39 is 10.0 Å². The number of rotatable bonds is 3. The predicted molar refractivity (Wildman–Crippen MR) is 73.2 cm³/mol. The van der Waals surface area contributed by atoms with Crippen molar-refractivity contribution in [2.45, 2.75) is 18.9 Å². The van der Waals surface area contributed by atoms with E-state index in [0.29, 0.717) is 13.1 Å². The molecule has 1 fully saturated rings. The van der Waals surface area contributed by atoms with Crippen LogP contribution in [0, 0.1) is 0 Å². The van der Waals surface area contributed by atoms with Crippen LogP contribution in [-0.4, -0.2) is 31.9 Å². The highest BCUT2D eigenvalue weighted by Crippen LogP contribution is 2.14. The first-order valence-electron chi connectivity index (χ1n) is 6.07. The van der Waals surface area contributed by atoms with Crippen molar-refractivity contribution in [2.24, 2.45) is 5.73 Å². The molecule has 0 radical (unpaired) electrons. The van der Waals surface area contributed by atoms with E-state index in [2.05, 4.69) is 0 Å². The fraction of sp³-hybridized carbons (Fsp3) is 0.385. The molecule has 1 aliphatic rings. The van der Waals surface area contributed by atoms with Gasteiger partial charge in [-0.15, -0.1) is 0 Å². The Hall–Kier alpha value is -1.17. The van der Waals surface area contributed by atoms with E-state index in [-0.39, 0.29) is 6.04 Å². The molecule has 4 nitrogen and oxygen atoms in total. The number of nitrogens with two attached hydrogens (primary N) is 1. The van der Waals surface area contributed by atoms with Gasteiger partial charge in [-0.25, -0.2) is 8.42 Å². The third-order valence-corrected chi connectivity index (χ3v) is 4.54. The van der Waals surface area contributed by atoms with Crippen LogP contribution in [0.3, 0.4) is 0 Å². The van der Waals surface area contributed by atoms with Crippen LogP contribution >= 0.6 is 0 Å². The van der Waals surface area contributed by atoms with E-state index in [1.54, 1.807) is 6.08 Å². The topological polar surface area (TPSA) is 63.4 Å². The highest BCUT2D eigenvalue weighted by atomic mass is 32.2. The minimum atomic E-state index is -3.34. The average molecular weight is 266 g/mol. The molecular formula is C13H18N2O2S. The molecule has 0 aromatic heterocycles. The van der Waals surface area contributed by atoms with Crippen molar-refractivity contribution in [3.63, 3.8) is 0 Å². The van der Waals surface area contributed by atoms with E-state index in [1.807, 2.05) is 30.3 Å². The third kappa shape index (κ3) is 3.41. The zero-order valence-electron chi connectivity index (χ0n) is 10.2. The van der Waals surface area contributed by atoms with Gasteiger partial charge >= 0.3 is 0 Å². The number of nitrogens with zero attached hydrogens (tertiary/aromatic N) is 1. The van der Waals surface area contributed by atoms with Crippen LogP contribution < -0.4 is 5.73 Å². The van der Waals surface area contributed by atoms with Crippen molar-refractivity contribution < 1.29 is 8.42 Å². The van der Waals surface area contributed by atoms with Gasteiger partial charge < -0.3 is 5.73 Å². The van der Waals surface area contributed by atoms with E-state index in [0.717, 1.165) is 18.4 Å². The van der Waals surface area contributed by atoms with Gasteiger partial charge in [0.15, 0.2) is 0 Å². The van der Waals surface area contributed by atoms with Crippen LogP contribution in [0.15, 0.2) is 35.7 Å². The molecular weight excluding hydrogens is 248 g/mol. The molecule has 0 amide bonds. The molecule has 5 heteroatoms. The molecule has 1 aromatic rings. The highest BCUT2D eigenvalue weighted by molar-refractivity contribution is 7.92. The first-order valence-corrected chi connectivity index (χ1v) is 7.57.